The first kappa shape index (κ1) is 31.3. The van der Waals surface area contributed by atoms with Crippen molar-refractivity contribution in [3.63, 3.8) is 0 Å². The molecule has 3 rings (SSSR count). The summed E-state index contributed by atoms with van der Waals surface area (Å²) in [5, 5.41) is 36.0. The van der Waals surface area contributed by atoms with Crippen LogP contribution in [0, 0.1) is 0 Å². The van der Waals surface area contributed by atoms with Crippen LogP contribution in [-0.4, -0.2) is 98.3 Å². The lowest BCUT2D eigenvalue weighted by molar-refractivity contribution is -0.165. The highest BCUT2D eigenvalue weighted by atomic mass is 79.9. The number of aliphatic hydroxyl groups is 2. The van der Waals surface area contributed by atoms with Crippen LogP contribution in [0.1, 0.15) is 12.8 Å². The lowest BCUT2D eigenvalue weighted by Gasteiger charge is -2.30. The van der Waals surface area contributed by atoms with Crippen LogP contribution in [0.15, 0.2) is 50.7 Å². The largest absolute Gasteiger partial charge is 0.496 e. The first-order chi connectivity index (χ1) is 17.8. The predicted octanol–water partition coefficient (Wildman–Crippen LogP) is 1.68. The average molecular weight is 619 g/mol. The van der Waals surface area contributed by atoms with Gasteiger partial charge in [-0.2, -0.15) is 0 Å². The zero-order chi connectivity index (χ0) is 28.6. The maximum absolute atomic E-state index is 13.1. The van der Waals surface area contributed by atoms with E-state index in [1.54, 1.807) is 50.6 Å². The number of hydrogen-bond acceptors (Lipinski definition) is 10. The molecular weight excluding hydrogens is 588 g/mol. The van der Waals surface area contributed by atoms with Gasteiger partial charge in [0.05, 0.1) is 34.2 Å². The van der Waals surface area contributed by atoms with E-state index in [0.717, 1.165) is 25.9 Å². The van der Waals surface area contributed by atoms with Gasteiger partial charge in [0.2, 0.25) is 9.84 Å². The monoisotopic (exact) mass is 618 g/mol. The summed E-state index contributed by atoms with van der Waals surface area (Å²) in [7, 11) is 1.56. The lowest BCUT2D eigenvalue weighted by Crippen LogP contribution is -2.39. The Balaban J connectivity index is 0.000000432. The van der Waals surface area contributed by atoms with E-state index in [4.69, 9.17) is 29.9 Å². The molecule has 0 amide bonds. The second-order valence-electron chi connectivity index (χ2n) is 8.45. The van der Waals surface area contributed by atoms with Gasteiger partial charge < -0.3 is 40.1 Å². The molecule has 210 valence electrons. The van der Waals surface area contributed by atoms with Crippen molar-refractivity contribution in [3.8, 4) is 11.5 Å². The van der Waals surface area contributed by atoms with Crippen molar-refractivity contribution >= 4 is 43.4 Å². The summed E-state index contributed by atoms with van der Waals surface area (Å²) >= 11 is 3.35. The second-order valence-corrected chi connectivity index (χ2v) is 11.3. The number of piperidine rings is 1. The van der Waals surface area contributed by atoms with E-state index in [1.165, 1.54) is 0 Å². The maximum atomic E-state index is 13.1. The number of rotatable bonds is 9. The minimum absolute atomic E-state index is 0.204. The van der Waals surface area contributed by atoms with Gasteiger partial charge in [-0.1, -0.05) is 0 Å². The van der Waals surface area contributed by atoms with Crippen molar-refractivity contribution in [2.45, 2.75) is 40.9 Å². The molecule has 5 N–H and O–H groups in total. The first-order valence-electron chi connectivity index (χ1n) is 11.3. The van der Waals surface area contributed by atoms with Crippen LogP contribution >= 0.6 is 15.9 Å². The van der Waals surface area contributed by atoms with Gasteiger partial charge in [-0.25, -0.2) is 18.0 Å². The number of sulfone groups is 1. The summed E-state index contributed by atoms with van der Waals surface area (Å²) in [6, 6.07) is 9.96. The quantitative estimate of drug-likeness (QED) is 0.274. The molecule has 2 aromatic carbocycles. The molecule has 0 radical (unpaired) electrons. The van der Waals surface area contributed by atoms with E-state index in [-0.39, 0.29) is 15.8 Å². The number of halogens is 1. The summed E-state index contributed by atoms with van der Waals surface area (Å²) in [6.45, 7) is 2.02. The fourth-order valence-electron chi connectivity index (χ4n) is 3.56. The van der Waals surface area contributed by atoms with Gasteiger partial charge in [0.15, 0.2) is 12.2 Å². The third-order valence-corrected chi connectivity index (χ3v) is 8.17. The molecule has 38 heavy (non-hydrogen) atoms. The zero-order valence-electron chi connectivity index (χ0n) is 21.0. The second kappa shape index (κ2) is 13.8. The van der Waals surface area contributed by atoms with E-state index in [2.05, 4.69) is 33.2 Å². The summed E-state index contributed by atoms with van der Waals surface area (Å²) in [5.74, 6) is -2.32. The van der Waals surface area contributed by atoms with Gasteiger partial charge in [-0.15, -0.1) is 0 Å². The molecule has 1 heterocycles. The number of aliphatic hydroxyl groups excluding tert-OH is 2. The normalized spacial score (nSPS) is 15.9. The van der Waals surface area contributed by atoms with Crippen LogP contribution in [-0.2, 0) is 19.4 Å². The van der Waals surface area contributed by atoms with Gasteiger partial charge in [0.1, 0.15) is 11.5 Å². The Kier molecular flexibility index (Phi) is 11.3. The number of nitrogens with one attached hydrogen (secondary N) is 1. The Morgan fingerprint density at radius 1 is 0.947 bits per heavy atom. The fraction of sp³-hybridized carbons (Fsp3) is 0.417. The van der Waals surface area contributed by atoms with Crippen molar-refractivity contribution in [1.29, 1.82) is 0 Å². The first-order valence-corrected chi connectivity index (χ1v) is 13.6. The number of benzene rings is 2. The van der Waals surface area contributed by atoms with E-state index in [0.29, 0.717) is 21.7 Å². The molecule has 1 aliphatic rings. The van der Waals surface area contributed by atoms with E-state index < -0.39 is 34.0 Å². The molecule has 1 aliphatic heterocycles. The van der Waals surface area contributed by atoms with E-state index in [9.17, 15) is 18.0 Å². The van der Waals surface area contributed by atoms with Gasteiger partial charge in [-0.3, -0.25) is 0 Å². The van der Waals surface area contributed by atoms with Crippen molar-refractivity contribution in [1.82, 2.24) is 4.90 Å². The van der Waals surface area contributed by atoms with Crippen LogP contribution in [0.3, 0.4) is 0 Å². The number of methoxy groups -OCH3 is 2. The van der Waals surface area contributed by atoms with Crippen LogP contribution < -0.4 is 14.8 Å². The number of carboxylic acids is 2. The summed E-state index contributed by atoms with van der Waals surface area (Å²) in [4.78, 5) is 22.3. The lowest BCUT2D eigenvalue weighted by atomic mass is 10.1. The molecule has 1 fully saturated rings. The molecule has 2 atom stereocenters. The minimum Gasteiger partial charge on any atom is -0.496 e. The summed E-state index contributed by atoms with van der Waals surface area (Å²) in [5.41, 5.74) is 0.700. The molecule has 14 heteroatoms. The number of carboxylic acid groups (broad SMARTS) is 2. The highest BCUT2D eigenvalue weighted by Gasteiger charge is 2.29. The highest BCUT2D eigenvalue weighted by Crippen LogP contribution is 2.34. The number of aliphatic carboxylic acids is 2. The highest BCUT2D eigenvalue weighted by molar-refractivity contribution is 9.10. The number of nitrogens with zero attached hydrogens (tertiary/aromatic N) is 1. The molecule has 0 aromatic heterocycles. The smallest absolute Gasteiger partial charge is 0.335 e. The Morgan fingerprint density at radius 2 is 1.42 bits per heavy atom. The SMILES string of the molecule is COc1ccc(S(=O)(=O)c2ccc(OC)c(NC3CCN(C)CC3)c2)cc1Br.O=C(O)C(O)C(O)C(=O)O. The van der Waals surface area contributed by atoms with Gasteiger partial charge in [0.25, 0.3) is 0 Å². The minimum atomic E-state index is -3.67. The standard InChI is InChI=1S/C20H25BrN2O4S.C4H6O6/c1-23-10-8-14(9-11-23)22-18-13-16(5-7-20(18)27-3)28(24,25)15-4-6-19(26-2)17(21)12-15;5-1(3(7)8)2(6)4(9)10/h4-7,12-14,22H,8-11H2,1-3H3;1-2,5-6H,(H,7,8)(H,9,10). The molecule has 2 unspecified atom stereocenters. The van der Waals surface area contributed by atoms with Crippen molar-refractivity contribution in [2.75, 3.05) is 39.7 Å². The molecule has 0 aliphatic carbocycles. The average Bonchev–Trinajstić information content (AvgIpc) is 2.89. The Labute approximate surface area is 228 Å². The maximum Gasteiger partial charge on any atom is 0.335 e. The molecule has 1 saturated heterocycles. The number of carbonyl (C=O) groups is 2. The molecule has 0 bridgehead atoms. The molecule has 2 aromatic rings. The van der Waals surface area contributed by atoms with Crippen LogP contribution in [0.5, 0.6) is 11.5 Å². The predicted molar refractivity (Wildman–Crippen MR) is 141 cm³/mol. The molecular formula is C24H31BrN2O10S. The van der Waals surface area contributed by atoms with Crippen molar-refractivity contribution in [2.24, 2.45) is 0 Å². The number of ether oxygens (including phenoxy) is 2. The fourth-order valence-corrected chi connectivity index (χ4v) is 5.57. The third kappa shape index (κ3) is 8.04. The zero-order valence-corrected chi connectivity index (χ0v) is 23.4. The summed E-state index contributed by atoms with van der Waals surface area (Å²) < 4.78 is 37.5. The Hall–Kier alpha value is -2.91. The summed E-state index contributed by atoms with van der Waals surface area (Å²) in [6.07, 6.45) is -2.53. The Bertz CT molecular complexity index is 1210. The van der Waals surface area contributed by atoms with Crippen molar-refractivity contribution in [3.05, 3.63) is 40.9 Å². The van der Waals surface area contributed by atoms with Crippen LogP contribution in [0.25, 0.3) is 0 Å². The topological polar surface area (TPSA) is 183 Å². The van der Waals surface area contributed by atoms with Crippen molar-refractivity contribution < 1.29 is 47.9 Å². The van der Waals surface area contributed by atoms with Gasteiger partial charge >= 0.3 is 11.9 Å². The van der Waals surface area contributed by atoms with E-state index in [1.807, 2.05) is 0 Å². The number of likely N-dealkylation sites (tertiary alicyclic amines) is 1. The number of anilines is 1. The van der Waals surface area contributed by atoms with Crippen LogP contribution in [0.4, 0.5) is 5.69 Å². The van der Waals surface area contributed by atoms with Gasteiger partial charge in [0, 0.05) is 6.04 Å². The molecule has 0 spiro atoms. The number of hydrogen-bond donors (Lipinski definition) is 5. The van der Waals surface area contributed by atoms with Crippen LogP contribution in [0.2, 0.25) is 0 Å². The Morgan fingerprint density at radius 3 is 1.87 bits per heavy atom. The third-order valence-electron chi connectivity index (χ3n) is 5.80. The molecule has 12 nitrogen and oxygen atoms in total. The van der Waals surface area contributed by atoms with E-state index >= 15 is 0 Å². The van der Waals surface area contributed by atoms with Gasteiger partial charge in [-0.05, 0) is 85.3 Å². The molecule has 0 saturated carbocycles.